The van der Waals surface area contributed by atoms with Crippen LogP contribution in [0.4, 0.5) is 4.79 Å². The molecule has 0 radical (unpaired) electrons. The fraction of sp³-hybridized carbons (Fsp3) is 0.125. The van der Waals surface area contributed by atoms with Crippen LogP contribution in [-0.4, -0.2) is 18.0 Å². The maximum Gasteiger partial charge on any atom is 0.408 e. The minimum Gasteiger partial charge on any atom is -0.435 e. The molecule has 114 valence electrons. The van der Waals surface area contributed by atoms with Gasteiger partial charge in [-0.05, 0) is 22.9 Å². The number of carbonyl (C=O) groups excluding carboxylic acids is 2. The number of rotatable bonds is 2. The van der Waals surface area contributed by atoms with Crippen molar-refractivity contribution in [2.45, 2.75) is 12.1 Å². The summed E-state index contributed by atoms with van der Waals surface area (Å²) < 4.78 is 5.19. The van der Waals surface area contributed by atoms with E-state index in [-0.39, 0.29) is 11.8 Å². The highest BCUT2D eigenvalue weighted by atomic mass is 32.1. The minimum atomic E-state index is -0.724. The number of thiophene rings is 3. The first kappa shape index (κ1) is 13.5. The van der Waals surface area contributed by atoms with Gasteiger partial charge in [0.25, 0.3) is 0 Å². The van der Waals surface area contributed by atoms with Gasteiger partial charge in [-0.2, -0.15) is 0 Å². The van der Waals surface area contributed by atoms with Gasteiger partial charge in [0.15, 0.2) is 6.10 Å². The molecule has 0 spiro atoms. The second-order valence-corrected chi connectivity index (χ2v) is 8.23. The van der Waals surface area contributed by atoms with Crippen LogP contribution < -0.4 is 5.32 Å². The molecule has 3 aromatic heterocycles. The number of nitrogens with one attached hydrogen (secondary N) is 1. The molecule has 4 heterocycles. The number of carbonyl (C=O) groups is 2. The van der Waals surface area contributed by atoms with Gasteiger partial charge in [0.2, 0.25) is 5.78 Å². The molecule has 2 atom stereocenters. The molecule has 5 rings (SSSR count). The molecule has 1 amide bonds. The van der Waals surface area contributed by atoms with E-state index >= 15 is 0 Å². The molecule has 2 aliphatic rings. The Balaban J connectivity index is 1.79. The summed E-state index contributed by atoms with van der Waals surface area (Å²) in [4.78, 5) is 28.6. The summed E-state index contributed by atoms with van der Waals surface area (Å²) in [5, 5.41) is 6.82. The average molecular weight is 359 g/mol. The largest absolute Gasteiger partial charge is 0.435 e. The number of amides is 1. The molecule has 1 saturated heterocycles. The van der Waals surface area contributed by atoms with Gasteiger partial charge in [0.05, 0.1) is 9.75 Å². The number of ketones is 1. The monoisotopic (exact) mass is 359 g/mol. The summed E-state index contributed by atoms with van der Waals surface area (Å²) in [6.45, 7) is 0. The minimum absolute atomic E-state index is 0.0918. The number of Topliss-reactive ketones (excluding diaryl/α,β-unsaturated/α-hetero) is 1. The van der Waals surface area contributed by atoms with E-state index in [4.69, 9.17) is 4.74 Å². The summed E-state index contributed by atoms with van der Waals surface area (Å²) in [6.07, 6.45) is -1.24. The van der Waals surface area contributed by atoms with Crippen LogP contribution in [0, 0.1) is 0 Å². The summed E-state index contributed by atoms with van der Waals surface area (Å²) >= 11 is 4.88. The molecule has 23 heavy (non-hydrogen) atoms. The molecule has 1 aliphatic carbocycles. The van der Waals surface area contributed by atoms with Crippen molar-refractivity contribution < 1.29 is 14.3 Å². The van der Waals surface area contributed by atoms with Crippen LogP contribution in [-0.2, 0) is 4.74 Å². The molecule has 0 unspecified atom stereocenters. The third-order valence-corrected chi connectivity index (χ3v) is 7.37. The van der Waals surface area contributed by atoms with E-state index in [0.29, 0.717) is 0 Å². The van der Waals surface area contributed by atoms with Crippen LogP contribution in [0.1, 0.15) is 22.0 Å². The lowest BCUT2D eigenvalue weighted by Gasteiger charge is -2.07. The highest BCUT2D eigenvalue weighted by molar-refractivity contribution is 7.26. The number of fused-ring (bicyclic) bond motifs is 3. The molecule has 7 heteroatoms. The molecule has 0 saturated carbocycles. The van der Waals surface area contributed by atoms with Crippen LogP contribution >= 0.6 is 34.0 Å². The first-order valence-corrected chi connectivity index (χ1v) is 9.57. The Labute approximate surface area is 143 Å². The number of hydrogen-bond acceptors (Lipinski definition) is 6. The van der Waals surface area contributed by atoms with E-state index in [1.165, 1.54) is 0 Å². The van der Waals surface area contributed by atoms with Gasteiger partial charge in [0, 0.05) is 20.9 Å². The Morgan fingerprint density at radius 2 is 1.70 bits per heavy atom. The predicted octanol–water partition coefficient (Wildman–Crippen LogP) is 4.55. The van der Waals surface area contributed by atoms with Gasteiger partial charge in [-0.3, -0.25) is 4.79 Å². The van der Waals surface area contributed by atoms with Crippen molar-refractivity contribution in [2.24, 2.45) is 0 Å². The second kappa shape index (κ2) is 4.77. The van der Waals surface area contributed by atoms with E-state index in [1.807, 2.05) is 35.0 Å². The molecule has 4 nitrogen and oxygen atoms in total. The Kier molecular flexibility index (Phi) is 2.79. The van der Waals surface area contributed by atoms with Gasteiger partial charge in [-0.1, -0.05) is 12.1 Å². The third kappa shape index (κ3) is 1.81. The van der Waals surface area contributed by atoms with Crippen molar-refractivity contribution in [2.75, 3.05) is 0 Å². The van der Waals surface area contributed by atoms with Crippen LogP contribution in [0.25, 0.3) is 19.5 Å². The molecular formula is C16H9NO3S3. The Morgan fingerprint density at radius 1 is 1.00 bits per heavy atom. The van der Waals surface area contributed by atoms with Crippen molar-refractivity contribution >= 4 is 45.9 Å². The van der Waals surface area contributed by atoms with E-state index in [9.17, 15) is 9.59 Å². The third-order valence-electron chi connectivity index (χ3n) is 4.06. The number of hydrogen-bond donors (Lipinski definition) is 1. The first-order valence-electron chi connectivity index (χ1n) is 7.00. The summed E-state index contributed by atoms with van der Waals surface area (Å²) in [6, 6.07) is 7.68. The van der Waals surface area contributed by atoms with Crippen molar-refractivity contribution in [3.05, 3.63) is 46.2 Å². The Hall–Kier alpha value is -1.96. The average Bonchev–Trinajstić information content (AvgIpc) is 3.29. The summed E-state index contributed by atoms with van der Waals surface area (Å²) in [7, 11) is 0. The maximum absolute atomic E-state index is 12.8. The van der Waals surface area contributed by atoms with Crippen LogP contribution in [0.5, 0.6) is 0 Å². The van der Waals surface area contributed by atoms with Crippen LogP contribution in [0.15, 0.2) is 35.0 Å². The lowest BCUT2D eigenvalue weighted by Crippen LogP contribution is -2.21. The van der Waals surface area contributed by atoms with Gasteiger partial charge >= 0.3 is 6.09 Å². The van der Waals surface area contributed by atoms with Crippen molar-refractivity contribution in [1.82, 2.24) is 5.32 Å². The van der Waals surface area contributed by atoms with Gasteiger partial charge in [-0.25, -0.2) is 4.79 Å². The number of alkyl carbamates (subject to hydrolysis) is 1. The van der Waals surface area contributed by atoms with Crippen molar-refractivity contribution in [3.63, 3.8) is 0 Å². The van der Waals surface area contributed by atoms with Crippen molar-refractivity contribution in [3.8, 4) is 19.5 Å². The Bertz CT molecular complexity index is 924. The Morgan fingerprint density at radius 3 is 2.35 bits per heavy atom. The van der Waals surface area contributed by atoms with Gasteiger partial charge in [-0.15, -0.1) is 34.0 Å². The fourth-order valence-electron chi connectivity index (χ4n) is 3.15. The zero-order chi connectivity index (χ0) is 15.6. The molecule has 1 aliphatic heterocycles. The number of ether oxygens (including phenoxy) is 1. The molecule has 0 aromatic carbocycles. The second-order valence-electron chi connectivity index (χ2n) is 5.32. The van der Waals surface area contributed by atoms with Gasteiger partial charge < -0.3 is 10.1 Å². The van der Waals surface area contributed by atoms with Crippen LogP contribution in [0.3, 0.4) is 0 Å². The fourth-order valence-corrected chi connectivity index (χ4v) is 6.23. The van der Waals surface area contributed by atoms with Crippen molar-refractivity contribution in [1.29, 1.82) is 0 Å². The molecule has 0 bridgehead atoms. The lowest BCUT2D eigenvalue weighted by molar-refractivity contribution is 0.0753. The molecule has 1 N–H and O–H groups in total. The maximum atomic E-state index is 12.8. The molecule has 3 aromatic rings. The van der Waals surface area contributed by atoms with Gasteiger partial charge in [0.1, 0.15) is 6.04 Å². The molecule has 1 fully saturated rings. The van der Waals surface area contributed by atoms with E-state index in [1.54, 1.807) is 34.0 Å². The highest BCUT2D eigenvalue weighted by Gasteiger charge is 2.51. The SMILES string of the molecule is O=C1N[C@@H]2c3c(-c4cccs4)sc(-c4cccs4)c3C(=O)[C@@H]2O1. The smallest absolute Gasteiger partial charge is 0.408 e. The normalized spacial score (nSPS) is 21.9. The zero-order valence-corrected chi connectivity index (χ0v) is 14.0. The predicted molar refractivity (Wildman–Crippen MR) is 91.4 cm³/mol. The summed E-state index contributed by atoms with van der Waals surface area (Å²) in [5.74, 6) is -0.0918. The topological polar surface area (TPSA) is 55.4 Å². The van der Waals surface area contributed by atoms with E-state index in [0.717, 1.165) is 30.6 Å². The lowest BCUT2D eigenvalue weighted by atomic mass is 10.1. The van der Waals surface area contributed by atoms with E-state index in [2.05, 4.69) is 5.32 Å². The van der Waals surface area contributed by atoms with E-state index < -0.39 is 12.2 Å². The van der Waals surface area contributed by atoms with Crippen LogP contribution in [0.2, 0.25) is 0 Å². The standard InChI is InChI=1S/C16H9NO3S3/c18-12-10-9(11-13(12)20-16(19)17-11)14(7-3-1-5-21-7)23-15(10)8-4-2-6-22-8/h1-6,11,13H,(H,17,19)/t11-,13-/m1/s1. The summed E-state index contributed by atoms with van der Waals surface area (Å²) in [5.41, 5.74) is 1.64. The highest BCUT2D eigenvalue weighted by Crippen LogP contribution is 2.53. The first-order chi connectivity index (χ1) is 11.2. The quantitative estimate of drug-likeness (QED) is 0.730. The molecular weight excluding hydrogens is 350 g/mol. The zero-order valence-electron chi connectivity index (χ0n) is 11.6.